The molecule has 0 fully saturated rings. The van der Waals surface area contributed by atoms with Crippen LogP contribution in [0.1, 0.15) is 11.5 Å². The monoisotopic (exact) mass is 376 g/mol. The van der Waals surface area contributed by atoms with Gasteiger partial charge in [-0.3, -0.25) is 0 Å². The molecule has 3 rings (SSSR count). The van der Waals surface area contributed by atoms with Gasteiger partial charge in [0, 0.05) is 16.8 Å². The van der Waals surface area contributed by atoms with Gasteiger partial charge in [0.25, 0.3) is 0 Å². The van der Waals surface area contributed by atoms with Gasteiger partial charge >= 0.3 is 0 Å². The molecule has 0 spiro atoms. The molecule has 0 aliphatic rings. The van der Waals surface area contributed by atoms with Crippen LogP contribution in [0.2, 0.25) is 5.02 Å². The van der Waals surface area contributed by atoms with Gasteiger partial charge in [0.1, 0.15) is 11.5 Å². The van der Waals surface area contributed by atoms with Crippen LogP contribution in [-0.4, -0.2) is 24.4 Å². The Balaban J connectivity index is 1.65. The molecule has 1 aromatic heterocycles. The van der Waals surface area contributed by atoms with Gasteiger partial charge in [-0.2, -0.15) is 4.98 Å². The summed E-state index contributed by atoms with van der Waals surface area (Å²) in [6, 6.07) is 13.3. The van der Waals surface area contributed by atoms with Gasteiger partial charge in [-0.25, -0.2) is 0 Å². The second-order valence-corrected chi connectivity index (χ2v) is 6.62. The number of halogens is 1. The van der Waals surface area contributed by atoms with Crippen molar-refractivity contribution in [1.82, 2.24) is 10.1 Å². The van der Waals surface area contributed by atoms with E-state index in [0.29, 0.717) is 29.0 Å². The summed E-state index contributed by atoms with van der Waals surface area (Å²) in [5.41, 5.74) is 1.96. The van der Waals surface area contributed by atoms with Gasteiger partial charge in [-0.05, 0) is 29.8 Å². The van der Waals surface area contributed by atoms with Crippen molar-refractivity contribution >= 4 is 23.4 Å². The third-order valence-corrected chi connectivity index (χ3v) is 4.77. The van der Waals surface area contributed by atoms with Crippen LogP contribution in [0.4, 0.5) is 0 Å². The number of methoxy groups -OCH3 is 2. The number of thioether (sulfide) groups is 1. The van der Waals surface area contributed by atoms with E-state index in [2.05, 4.69) is 10.1 Å². The molecule has 3 aromatic rings. The van der Waals surface area contributed by atoms with E-state index in [1.54, 1.807) is 32.0 Å². The summed E-state index contributed by atoms with van der Waals surface area (Å²) >= 11 is 7.59. The van der Waals surface area contributed by atoms with Crippen molar-refractivity contribution in [3.8, 4) is 22.9 Å². The Morgan fingerprint density at radius 3 is 2.56 bits per heavy atom. The highest BCUT2D eigenvalue weighted by Crippen LogP contribution is 2.32. The molecule has 7 heteroatoms. The van der Waals surface area contributed by atoms with E-state index in [-0.39, 0.29) is 0 Å². The fourth-order valence-electron chi connectivity index (χ4n) is 2.24. The van der Waals surface area contributed by atoms with E-state index < -0.39 is 0 Å². The molecule has 0 aliphatic heterocycles. The average Bonchev–Trinajstić information content (AvgIpc) is 3.11. The highest BCUT2D eigenvalue weighted by Gasteiger charge is 2.14. The van der Waals surface area contributed by atoms with Gasteiger partial charge in [-0.15, -0.1) is 11.8 Å². The Morgan fingerprint density at radius 2 is 1.84 bits per heavy atom. The predicted molar refractivity (Wildman–Crippen MR) is 99.3 cm³/mol. The topological polar surface area (TPSA) is 57.4 Å². The molecule has 0 saturated carbocycles. The minimum Gasteiger partial charge on any atom is -0.497 e. The van der Waals surface area contributed by atoms with Crippen molar-refractivity contribution < 1.29 is 14.0 Å². The van der Waals surface area contributed by atoms with Crippen molar-refractivity contribution in [2.24, 2.45) is 0 Å². The summed E-state index contributed by atoms with van der Waals surface area (Å²) in [7, 11) is 3.21. The Hall–Kier alpha value is -2.18. The van der Waals surface area contributed by atoms with Gasteiger partial charge in [0.05, 0.1) is 25.5 Å². The minimum atomic E-state index is 0.501. The molecule has 130 valence electrons. The molecule has 0 bridgehead atoms. The number of nitrogens with zero attached hydrogens (tertiary/aromatic N) is 2. The van der Waals surface area contributed by atoms with Gasteiger partial charge in [0.2, 0.25) is 11.7 Å². The molecule has 0 unspecified atom stereocenters. The van der Waals surface area contributed by atoms with Crippen LogP contribution in [0.5, 0.6) is 11.5 Å². The highest BCUT2D eigenvalue weighted by atomic mass is 35.5. The maximum absolute atomic E-state index is 5.89. The standard InChI is InChI=1S/C18H17ClN2O3S/c1-22-14-7-8-15(16(9-14)23-2)18-20-17(24-21-18)11-25-10-12-3-5-13(19)6-4-12/h3-9H,10-11H2,1-2H3. The highest BCUT2D eigenvalue weighted by molar-refractivity contribution is 7.97. The lowest BCUT2D eigenvalue weighted by Gasteiger charge is -2.07. The second kappa shape index (κ2) is 8.27. The Labute approximate surface area is 155 Å². The third kappa shape index (κ3) is 4.46. The van der Waals surface area contributed by atoms with Gasteiger partial charge in [0.15, 0.2) is 0 Å². The van der Waals surface area contributed by atoms with Crippen molar-refractivity contribution in [3.63, 3.8) is 0 Å². The van der Waals surface area contributed by atoms with Crippen molar-refractivity contribution in [2.75, 3.05) is 14.2 Å². The molecule has 2 aromatic carbocycles. The smallest absolute Gasteiger partial charge is 0.236 e. The van der Waals surface area contributed by atoms with Crippen molar-refractivity contribution in [3.05, 3.63) is 58.9 Å². The predicted octanol–water partition coefficient (Wildman–Crippen LogP) is 4.84. The molecule has 0 atom stereocenters. The number of aromatic nitrogens is 2. The molecule has 0 aliphatic carbocycles. The van der Waals surface area contributed by atoms with Crippen LogP contribution < -0.4 is 9.47 Å². The summed E-state index contributed by atoms with van der Waals surface area (Å²) in [4.78, 5) is 4.45. The Bertz CT molecular complexity index is 837. The van der Waals surface area contributed by atoms with Gasteiger partial charge < -0.3 is 14.0 Å². The van der Waals surface area contributed by atoms with Crippen molar-refractivity contribution in [2.45, 2.75) is 11.5 Å². The van der Waals surface area contributed by atoms with Crippen LogP contribution in [0.15, 0.2) is 47.0 Å². The Morgan fingerprint density at radius 1 is 1.04 bits per heavy atom. The molecule has 1 heterocycles. The molecular weight excluding hydrogens is 360 g/mol. The first-order chi connectivity index (χ1) is 12.2. The van der Waals surface area contributed by atoms with E-state index >= 15 is 0 Å². The largest absolute Gasteiger partial charge is 0.497 e. The zero-order chi connectivity index (χ0) is 17.6. The zero-order valence-corrected chi connectivity index (χ0v) is 15.4. The van der Waals surface area contributed by atoms with Crippen LogP contribution in [0.3, 0.4) is 0 Å². The molecule has 0 radical (unpaired) electrons. The summed E-state index contributed by atoms with van der Waals surface area (Å²) in [6.07, 6.45) is 0. The maximum atomic E-state index is 5.89. The summed E-state index contributed by atoms with van der Waals surface area (Å²) in [5.74, 6) is 3.91. The lowest BCUT2D eigenvalue weighted by atomic mass is 10.2. The fourth-order valence-corrected chi connectivity index (χ4v) is 3.19. The summed E-state index contributed by atoms with van der Waals surface area (Å²) in [6.45, 7) is 0. The maximum Gasteiger partial charge on any atom is 0.236 e. The molecule has 5 nitrogen and oxygen atoms in total. The first kappa shape index (κ1) is 17.6. The van der Waals surface area contributed by atoms with E-state index in [1.165, 1.54) is 5.56 Å². The lowest BCUT2D eigenvalue weighted by molar-refractivity contribution is 0.388. The number of benzene rings is 2. The van der Waals surface area contributed by atoms with Gasteiger partial charge in [-0.1, -0.05) is 28.9 Å². The average molecular weight is 377 g/mol. The summed E-state index contributed by atoms with van der Waals surface area (Å²) in [5, 5.41) is 4.79. The normalized spacial score (nSPS) is 10.7. The number of rotatable bonds is 7. The molecule has 25 heavy (non-hydrogen) atoms. The molecule has 0 amide bonds. The minimum absolute atomic E-state index is 0.501. The van der Waals surface area contributed by atoms with E-state index in [1.807, 2.05) is 36.4 Å². The van der Waals surface area contributed by atoms with E-state index in [9.17, 15) is 0 Å². The van der Waals surface area contributed by atoms with Crippen LogP contribution in [0, 0.1) is 0 Å². The lowest BCUT2D eigenvalue weighted by Crippen LogP contribution is -1.91. The van der Waals surface area contributed by atoms with Crippen LogP contribution >= 0.6 is 23.4 Å². The summed E-state index contributed by atoms with van der Waals surface area (Å²) < 4.78 is 15.9. The van der Waals surface area contributed by atoms with Crippen LogP contribution in [-0.2, 0) is 11.5 Å². The third-order valence-electron chi connectivity index (χ3n) is 3.53. The Kier molecular flexibility index (Phi) is 5.83. The number of hydrogen-bond acceptors (Lipinski definition) is 6. The molecule has 0 N–H and O–H groups in total. The molecular formula is C18H17ClN2O3S. The number of hydrogen-bond donors (Lipinski definition) is 0. The first-order valence-electron chi connectivity index (χ1n) is 7.57. The fraction of sp³-hybridized carbons (Fsp3) is 0.222. The SMILES string of the molecule is COc1ccc(-c2noc(CSCc3ccc(Cl)cc3)n2)c(OC)c1. The van der Waals surface area contributed by atoms with E-state index in [0.717, 1.165) is 16.3 Å². The molecule has 0 saturated heterocycles. The zero-order valence-electron chi connectivity index (χ0n) is 13.9. The first-order valence-corrected chi connectivity index (χ1v) is 9.10. The van der Waals surface area contributed by atoms with E-state index in [4.69, 9.17) is 25.6 Å². The second-order valence-electron chi connectivity index (χ2n) is 5.20. The van der Waals surface area contributed by atoms with Crippen LogP contribution in [0.25, 0.3) is 11.4 Å². The quantitative estimate of drug-likeness (QED) is 0.588. The number of ether oxygens (including phenoxy) is 2. The van der Waals surface area contributed by atoms with Crippen molar-refractivity contribution in [1.29, 1.82) is 0 Å².